The van der Waals surface area contributed by atoms with E-state index < -0.39 is 17.2 Å². The second-order valence-corrected chi connectivity index (χ2v) is 5.57. The van der Waals surface area contributed by atoms with Gasteiger partial charge in [0.1, 0.15) is 0 Å². The first kappa shape index (κ1) is 15.8. The van der Waals surface area contributed by atoms with Crippen molar-refractivity contribution in [2.24, 2.45) is 5.92 Å². The summed E-state index contributed by atoms with van der Waals surface area (Å²) in [5.41, 5.74) is 0.846. The van der Waals surface area contributed by atoms with E-state index in [0.29, 0.717) is 12.2 Å². The average molecular weight is 301 g/mol. The summed E-state index contributed by atoms with van der Waals surface area (Å²) in [5, 5.41) is 16.5. The molecule has 0 aliphatic rings. The molecule has 2 N–H and O–H groups in total. The lowest BCUT2D eigenvalue weighted by atomic mass is 10.2. The van der Waals surface area contributed by atoms with Gasteiger partial charge in [-0.1, -0.05) is 26.0 Å². The van der Waals surface area contributed by atoms with Crippen molar-refractivity contribution in [3.8, 4) is 11.4 Å². The van der Waals surface area contributed by atoms with Gasteiger partial charge in [-0.15, -0.1) is 0 Å². The van der Waals surface area contributed by atoms with Gasteiger partial charge in [0.05, 0.1) is 5.69 Å². The lowest BCUT2D eigenvalue weighted by Gasteiger charge is -2.11. The molecule has 0 unspecified atom stereocenters. The Morgan fingerprint density at radius 2 is 2.09 bits per heavy atom. The maximum atomic E-state index is 12.1. The second kappa shape index (κ2) is 6.43. The zero-order valence-electron chi connectivity index (χ0n) is 12.8. The van der Waals surface area contributed by atoms with Gasteiger partial charge in [0, 0.05) is 12.6 Å². The van der Waals surface area contributed by atoms with E-state index in [-0.39, 0.29) is 11.6 Å². The number of nitrogens with zero attached hydrogens (tertiary/aromatic N) is 2. The number of carbonyl (C=O) groups is 1. The van der Waals surface area contributed by atoms with Crippen molar-refractivity contribution in [3.63, 3.8) is 0 Å². The Kier molecular flexibility index (Phi) is 4.60. The molecule has 116 valence electrons. The molecule has 1 heterocycles. The Labute approximate surface area is 128 Å². The zero-order chi connectivity index (χ0) is 16.3. The van der Waals surface area contributed by atoms with Crippen molar-refractivity contribution >= 4 is 5.91 Å². The van der Waals surface area contributed by atoms with Gasteiger partial charge in [0.25, 0.3) is 11.5 Å². The van der Waals surface area contributed by atoms with E-state index in [4.69, 9.17) is 0 Å². The van der Waals surface area contributed by atoms with Gasteiger partial charge >= 0.3 is 0 Å². The molecule has 0 saturated heterocycles. The normalized spacial score (nSPS) is 10.7. The molecule has 0 spiro atoms. The standard InChI is InChI=1S/C16H19N3O3/c1-10(2)9-17-16(22)15-13(20)8-14(21)19(18-15)12-6-4-5-11(3)7-12/h4-8,10,20H,9H2,1-3H3,(H,17,22). The first-order valence-corrected chi connectivity index (χ1v) is 7.07. The molecule has 0 aliphatic carbocycles. The molecule has 1 amide bonds. The number of hydrogen-bond acceptors (Lipinski definition) is 4. The maximum Gasteiger partial charge on any atom is 0.275 e. The van der Waals surface area contributed by atoms with Gasteiger partial charge < -0.3 is 10.4 Å². The fraction of sp³-hybridized carbons (Fsp3) is 0.312. The van der Waals surface area contributed by atoms with E-state index in [1.54, 1.807) is 18.2 Å². The minimum absolute atomic E-state index is 0.165. The minimum Gasteiger partial charge on any atom is -0.505 e. The van der Waals surface area contributed by atoms with Crippen LogP contribution in [0.4, 0.5) is 0 Å². The number of aromatic nitrogens is 2. The summed E-state index contributed by atoms with van der Waals surface area (Å²) in [5.74, 6) is -0.656. The lowest BCUT2D eigenvalue weighted by molar-refractivity contribution is 0.0939. The fourth-order valence-electron chi connectivity index (χ4n) is 1.93. The van der Waals surface area contributed by atoms with Crippen LogP contribution in [0.2, 0.25) is 0 Å². The van der Waals surface area contributed by atoms with Gasteiger partial charge in [0.15, 0.2) is 11.4 Å². The molecule has 1 aromatic carbocycles. The Balaban J connectivity index is 2.43. The molecular weight excluding hydrogens is 282 g/mol. The molecule has 0 aliphatic heterocycles. The highest BCUT2D eigenvalue weighted by molar-refractivity contribution is 5.94. The van der Waals surface area contributed by atoms with Crippen LogP contribution in [0, 0.1) is 12.8 Å². The highest BCUT2D eigenvalue weighted by atomic mass is 16.3. The SMILES string of the molecule is Cc1cccc(-n2nc(C(=O)NCC(C)C)c(O)cc2=O)c1. The molecule has 1 aromatic heterocycles. The molecule has 0 atom stereocenters. The first-order chi connectivity index (χ1) is 10.4. The molecule has 6 nitrogen and oxygen atoms in total. The van der Waals surface area contributed by atoms with Crippen molar-refractivity contribution < 1.29 is 9.90 Å². The maximum absolute atomic E-state index is 12.1. The van der Waals surface area contributed by atoms with Crippen molar-refractivity contribution in [3.05, 3.63) is 51.9 Å². The molecule has 6 heteroatoms. The van der Waals surface area contributed by atoms with E-state index in [0.717, 1.165) is 16.3 Å². The lowest BCUT2D eigenvalue weighted by Crippen LogP contribution is -2.31. The Bertz CT molecular complexity index is 751. The smallest absolute Gasteiger partial charge is 0.275 e. The summed E-state index contributed by atoms with van der Waals surface area (Å²) in [4.78, 5) is 24.1. The average Bonchev–Trinajstić information content (AvgIpc) is 2.44. The Hall–Kier alpha value is -2.63. The highest BCUT2D eigenvalue weighted by Crippen LogP contribution is 2.13. The highest BCUT2D eigenvalue weighted by Gasteiger charge is 2.16. The summed E-state index contributed by atoms with van der Waals surface area (Å²) >= 11 is 0. The van der Waals surface area contributed by atoms with Crippen molar-refractivity contribution in [1.29, 1.82) is 0 Å². The molecule has 22 heavy (non-hydrogen) atoms. The van der Waals surface area contributed by atoms with Crippen molar-refractivity contribution in [1.82, 2.24) is 15.1 Å². The molecule has 2 rings (SSSR count). The van der Waals surface area contributed by atoms with Crippen molar-refractivity contribution in [2.45, 2.75) is 20.8 Å². The number of nitrogens with one attached hydrogen (secondary N) is 1. The number of amides is 1. The Morgan fingerprint density at radius 3 is 2.73 bits per heavy atom. The largest absolute Gasteiger partial charge is 0.505 e. The van der Waals surface area contributed by atoms with Crippen LogP contribution in [0.3, 0.4) is 0 Å². The van der Waals surface area contributed by atoms with E-state index in [9.17, 15) is 14.7 Å². The van der Waals surface area contributed by atoms with Crippen molar-refractivity contribution in [2.75, 3.05) is 6.54 Å². The summed E-state index contributed by atoms with van der Waals surface area (Å²) in [6, 6.07) is 8.18. The van der Waals surface area contributed by atoms with Gasteiger partial charge in [0.2, 0.25) is 0 Å². The molecular formula is C16H19N3O3. The van der Waals surface area contributed by atoms with Gasteiger partial charge in [-0.2, -0.15) is 9.78 Å². The van der Waals surface area contributed by atoms with Crippen LogP contribution in [0.5, 0.6) is 5.75 Å². The van der Waals surface area contributed by atoms with Crippen LogP contribution < -0.4 is 10.9 Å². The number of aryl methyl sites for hydroxylation is 1. The van der Waals surface area contributed by atoms with Crippen LogP contribution in [-0.2, 0) is 0 Å². The molecule has 0 radical (unpaired) electrons. The van der Waals surface area contributed by atoms with E-state index in [1.807, 2.05) is 26.8 Å². The van der Waals surface area contributed by atoms with Gasteiger partial charge in [-0.25, -0.2) is 0 Å². The van der Waals surface area contributed by atoms with Crippen LogP contribution in [0.1, 0.15) is 29.9 Å². The predicted octanol–water partition coefficient (Wildman–Crippen LogP) is 1.63. The number of benzene rings is 1. The molecule has 0 bridgehead atoms. The first-order valence-electron chi connectivity index (χ1n) is 7.07. The predicted molar refractivity (Wildman–Crippen MR) is 83.4 cm³/mol. The third-order valence-corrected chi connectivity index (χ3v) is 3.04. The third-order valence-electron chi connectivity index (χ3n) is 3.04. The third kappa shape index (κ3) is 3.52. The van der Waals surface area contributed by atoms with E-state index >= 15 is 0 Å². The quantitative estimate of drug-likeness (QED) is 0.899. The number of carbonyl (C=O) groups excluding carboxylic acids is 1. The fourth-order valence-corrected chi connectivity index (χ4v) is 1.93. The van der Waals surface area contributed by atoms with Crippen LogP contribution in [0.25, 0.3) is 5.69 Å². The second-order valence-electron chi connectivity index (χ2n) is 5.57. The zero-order valence-corrected chi connectivity index (χ0v) is 12.8. The molecule has 0 fully saturated rings. The topological polar surface area (TPSA) is 84.2 Å². The van der Waals surface area contributed by atoms with Gasteiger partial charge in [-0.3, -0.25) is 9.59 Å². The monoisotopic (exact) mass is 301 g/mol. The minimum atomic E-state index is -0.507. The van der Waals surface area contributed by atoms with E-state index in [2.05, 4.69) is 10.4 Å². The number of hydrogen-bond donors (Lipinski definition) is 2. The Morgan fingerprint density at radius 1 is 1.36 bits per heavy atom. The van der Waals surface area contributed by atoms with Crippen LogP contribution in [-0.4, -0.2) is 27.3 Å². The van der Waals surface area contributed by atoms with Gasteiger partial charge in [-0.05, 0) is 30.5 Å². The summed E-state index contributed by atoms with van der Waals surface area (Å²) in [7, 11) is 0. The van der Waals surface area contributed by atoms with Crippen LogP contribution >= 0.6 is 0 Å². The summed E-state index contributed by atoms with van der Waals surface area (Å²) in [6.07, 6.45) is 0. The summed E-state index contributed by atoms with van der Waals surface area (Å²) < 4.78 is 1.11. The number of aromatic hydroxyl groups is 1. The molecule has 0 saturated carbocycles. The number of rotatable bonds is 4. The van der Waals surface area contributed by atoms with Crippen LogP contribution in [0.15, 0.2) is 35.1 Å². The molecule has 2 aromatic rings. The van der Waals surface area contributed by atoms with E-state index in [1.165, 1.54) is 0 Å². The summed E-state index contributed by atoms with van der Waals surface area (Å²) in [6.45, 7) is 6.27.